The molecule has 1 aliphatic rings. The highest BCUT2D eigenvalue weighted by Crippen LogP contribution is 2.34. The zero-order chi connectivity index (χ0) is 17.9. The number of hydrogen-bond acceptors (Lipinski definition) is 5. The summed E-state index contributed by atoms with van der Waals surface area (Å²) in [4.78, 5) is 13.7. The molecule has 1 aromatic carbocycles. The first-order chi connectivity index (χ1) is 12.8. The molecule has 26 heavy (non-hydrogen) atoms. The van der Waals surface area contributed by atoms with Gasteiger partial charge in [0.05, 0.1) is 6.04 Å². The summed E-state index contributed by atoms with van der Waals surface area (Å²) in [6.07, 6.45) is 7.45. The van der Waals surface area contributed by atoms with Gasteiger partial charge in [0.1, 0.15) is 11.6 Å². The second kappa shape index (κ2) is 7.12. The molecule has 0 fully saturated rings. The number of aromatic nitrogens is 3. The molecule has 2 N–H and O–H groups in total. The first kappa shape index (κ1) is 16.5. The van der Waals surface area contributed by atoms with E-state index < -0.39 is 0 Å². The molecule has 1 unspecified atom stereocenters. The van der Waals surface area contributed by atoms with Crippen LogP contribution in [0, 0.1) is 0 Å². The quantitative estimate of drug-likeness (QED) is 0.721. The minimum Gasteiger partial charge on any atom is -0.508 e. The topological polar surface area (TPSA) is 70.9 Å². The summed E-state index contributed by atoms with van der Waals surface area (Å²) >= 11 is 0. The zero-order valence-corrected chi connectivity index (χ0v) is 14.8. The van der Waals surface area contributed by atoms with Gasteiger partial charge >= 0.3 is 0 Å². The SMILES string of the molecule is CCC(Nc1nc(-c2ccncc2)nc2c1CCC2)c1ccccc1O. The number of para-hydroxylation sites is 1. The van der Waals surface area contributed by atoms with Gasteiger partial charge in [-0.05, 0) is 43.9 Å². The van der Waals surface area contributed by atoms with Crippen LogP contribution in [0.4, 0.5) is 5.82 Å². The summed E-state index contributed by atoms with van der Waals surface area (Å²) in [5.41, 5.74) is 4.19. The molecular formula is C21H22N4O. The summed E-state index contributed by atoms with van der Waals surface area (Å²) in [6, 6.07) is 11.3. The van der Waals surface area contributed by atoms with Gasteiger partial charge in [0.15, 0.2) is 5.82 Å². The van der Waals surface area contributed by atoms with Crippen molar-refractivity contribution in [1.82, 2.24) is 15.0 Å². The van der Waals surface area contributed by atoms with E-state index in [0.29, 0.717) is 5.75 Å². The van der Waals surface area contributed by atoms with Crippen LogP contribution in [-0.2, 0) is 12.8 Å². The van der Waals surface area contributed by atoms with E-state index in [1.54, 1.807) is 18.5 Å². The molecule has 0 radical (unpaired) electrons. The van der Waals surface area contributed by atoms with Gasteiger partial charge in [-0.25, -0.2) is 9.97 Å². The fourth-order valence-corrected chi connectivity index (χ4v) is 3.53. The van der Waals surface area contributed by atoms with E-state index in [-0.39, 0.29) is 6.04 Å². The molecule has 4 rings (SSSR count). The summed E-state index contributed by atoms with van der Waals surface area (Å²) < 4.78 is 0. The molecule has 3 aromatic rings. The number of aromatic hydroxyl groups is 1. The molecule has 0 saturated heterocycles. The molecular weight excluding hydrogens is 324 g/mol. The molecule has 2 aromatic heterocycles. The first-order valence-electron chi connectivity index (χ1n) is 9.11. The number of hydrogen-bond donors (Lipinski definition) is 2. The van der Waals surface area contributed by atoms with Crippen LogP contribution in [0.1, 0.15) is 42.6 Å². The largest absolute Gasteiger partial charge is 0.508 e. The Hall–Kier alpha value is -2.95. The predicted octanol–water partition coefficient (Wildman–Crippen LogP) is 4.30. The predicted molar refractivity (Wildman–Crippen MR) is 102 cm³/mol. The Morgan fingerprint density at radius 2 is 1.88 bits per heavy atom. The smallest absolute Gasteiger partial charge is 0.161 e. The maximum atomic E-state index is 10.2. The summed E-state index contributed by atoms with van der Waals surface area (Å²) in [5.74, 6) is 1.92. The third-order valence-corrected chi connectivity index (χ3v) is 4.90. The van der Waals surface area contributed by atoms with Crippen molar-refractivity contribution in [3.05, 3.63) is 65.6 Å². The highest BCUT2D eigenvalue weighted by molar-refractivity contribution is 5.61. The number of aryl methyl sites for hydroxylation is 1. The normalized spacial score (nSPS) is 14.0. The zero-order valence-electron chi connectivity index (χ0n) is 14.8. The van der Waals surface area contributed by atoms with Gasteiger partial charge in [-0.2, -0.15) is 0 Å². The molecule has 5 nitrogen and oxygen atoms in total. The number of phenols is 1. The van der Waals surface area contributed by atoms with Gasteiger partial charge in [-0.15, -0.1) is 0 Å². The number of nitrogens with one attached hydrogen (secondary N) is 1. The first-order valence-corrected chi connectivity index (χ1v) is 9.11. The van der Waals surface area contributed by atoms with Gasteiger partial charge in [-0.1, -0.05) is 25.1 Å². The van der Waals surface area contributed by atoms with Crippen LogP contribution in [0.5, 0.6) is 5.75 Å². The minimum atomic E-state index is 0.00101. The second-order valence-electron chi connectivity index (χ2n) is 6.57. The Balaban J connectivity index is 1.74. The Kier molecular flexibility index (Phi) is 4.52. The standard InChI is InChI=1S/C21H22N4O/c1-2-17(15-6-3-4-9-19(15)26)23-21-16-7-5-8-18(16)24-20(25-21)14-10-12-22-13-11-14/h3-4,6,9-13,17,26H,2,5,7-8H2,1H3,(H,23,24,25). The van der Waals surface area contributed by atoms with Crippen molar-refractivity contribution in [3.63, 3.8) is 0 Å². The average Bonchev–Trinajstić information content (AvgIpc) is 3.16. The summed E-state index contributed by atoms with van der Waals surface area (Å²) in [6.45, 7) is 2.11. The molecule has 0 bridgehead atoms. The molecule has 0 aliphatic heterocycles. The molecule has 1 atom stereocenters. The van der Waals surface area contributed by atoms with Crippen molar-refractivity contribution < 1.29 is 5.11 Å². The Morgan fingerprint density at radius 3 is 2.65 bits per heavy atom. The molecule has 5 heteroatoms. The van der Waals surface area contributed by atoms with Crippen molar-refractivity contribution in [3.8, 4) is 17.1 Å². The lowest BCUT2D eigenvalue weighted by Gasteiger charge is -2.21. The average molecular weight is 346 g/mol. The third kappa shape index (κ3) is 3.12. The summed E-state index contributed by atoms with van der Waals surface area (Å²) in [7, 11) is 0. The van der Waals surface area contributed by atoms with Gasteiger partial charge in [-0.3, -0.25) is 4.98 Å². The van der Waals surface area contributed by atoms with E-state index in [2.05, 4.69) is 17.2 Å². The third-order valence-electron chi connectivity index (χ3n) is 4.90. The second-order valence-corrected chi connectivity index (χ2v) is 6.57. The maximum absolute atomic E-state index is 10.2. The van der Waals surface area contributed by atoms with Crippen molar-refractivity contribution in [2.45, 2.75) is 38.6 Å². The van der Waals surface area contributed by atoms with Crippen molar-refractivity contribution in [2.75, 3.05) is 5.32 Å². The number of phenolic OH excluding ortho intramolecular Hbond substituents is 1. The number of nitrogens with zero attached hydrogens (tertiary/aromatic N) is 3. The number of pyridine rings is 1. The van der Waals surface area contributed by atoms with E-state index in [4.69, 9.17) is 9.97 Å². The highest BCUT2D eigenvalue weighted by Gasteiger charge is 2.22. The van der Waals surface area contributed by atoms with Crippen LogP contribution < -0.4 is 5.32 Å². The molecule has 1 aliphatic carbocycles. The van der Waals surface area contributed by atoms with Crippen LogP contribution in [-0.4, -0.2) is 20.1 Å². The number of rotatable bonds is 5. The molecule has 0 amide bonds. The van der Waals surface area contributed by atoms with Crippen LogP contribution >= 0.6 is 0 Å². The molecule has 0 spiro atoms. The monoisotopic (exact) mass is 346 g/mol. The van der Waals surface area contributed by atoms with Crippen LogP contribution in [0.2, 0.25) is 0 Å². The van der Waals surface area contributed by atoms with Crippen molar-refractivity contribution in [2.24, 2.45) is 0 Å². The van der Waals surface area contributed by atoms with E-state index in [1.165, 1.54) is 5.56 Å². The minimum absolute atomic E-state index is 0.00101. The molecule has 2 heterocycles. The Bertz CT molecular complexity index is 911. The maximum Gasteiger partial charge on any atom is 0.161 e. The number of anilines is 1. The van der Waals surface area contributed by atoms with Crippen LogP contribution in [0.3, 0.4) is 0 Å². The lowest BCUT2D eigenvalue weighted by Crippen LogP contribution is -2.14. The Labute approximate surface area is 153 Å². The Morgan fingerprint density at radius 1 is 1.08 bits per heavy atom. The van der Waals surface area contributed by atoms with Crippen LogP contribution in [0.15, 0.2) is 48.8 Å². The van der Waals surface area contributed by atoms with E-state index in [9.17, 15) is 5.11 Å². The van der Waals surface area contributed by atoms with E-state index in [0.717, 1.165) is 54.1 Å². The number of fused-ring (bicyclic) bond motifs is 1. The van der Waals surface area contributed by atoms with Gasteiger partial charge in [0, 0.05) is 34.8 Å². The molecule has 0 saturated carbocycles. The van der Waals surface area contributed by atoms with Gasteiger partial charge < -0.3 is 10.4 Å². The number of benzene rings is 1. The fraction of sp³-hybridized carbons (Fsp3) is 0.286. The lowest BCUT2D eigenvalue weighted by molar-refractivity contribution is 0.462. The van der Waals surface area contributed by atoms with E-state index in [1.807, 2.05) is 30.3 Å². The molecule has 132 valence electrons. The lowest BCUT2D eigenvalue weighted by atomic mass is 10.0. The van der Waals surface area contributed by atoms with Crippen LogP contribution in [0.25, 0.3) is 11.4 Å². The van der Waals surface area contributed by atoms with Crippen molar-refractivity contribution >= 4 is 5.82 Å². The summed E-state index contributed by atoms with van der Waals surface area (Å²) in [5, 5.41) is 13.8. The van der Waals surface area contributed by atoms with Crippen molar-refractivity contribution in [1.29, 1.82) is 0 Å². The van der Waals surface area contributed by atoms with Gasteiger partial charge in [0.2, 0.25) is 0 Å². The van der Waals surface area contributed by atoms with Gasteiger partial charge in [0.25, 0.3) is 0 Å². The highest BCUT2D eigenvalue weighted by atomic mass is 16.3. The fourth-order valence-electron chi connectivity index (χ4n) is 3.53. The van der Waals surface area contributed by atoms with E-state index >= 15 is 0 Å².